The monoisotopic (exact) mass is 549 g/mol. The van der Waals surface area contributed by atoms with E-state index in [1.165, 1.54) is 11.4 Å². The molecule has 0 aliphatic rings. The molecule has 7 nitrogen and oxygen atoms in total. The number of benzene rings is 3. The third kappa shape index (κ3) is 8.76. The fourth-order valence-electron chi connectivity index (χ4n) is 4.30. The second-order valence-electron chi connectivity index (χ2n) is 9.75. The summed E-state index contributed by atoms with van der Waals surface area (Å²) in [5.41, 5.74) is 3.00. The van der Waals surface area contributed by atoms with Gasteiger partial charge in [-0.05, 0) is 43.0 Å². The van der Waals surface area contributed by atoms with Gasteiger partial charge in [-0.2, -0.15) is 0 Å². The fraction of sp³-hybridized carbons (Fsp3) is 0.355. The second-order valence-corrected chi connectivity index (χ2v) is 11.8. The Bertz CT molecular complexity index is 1300. The third-order valence-corrected chi connectivity index (χ3v) is 8.48. The van der Waals surface area contributed by atoms with Crippen LogP contribution in [0.25, 0.3) is 0 Å². The minimum absolute atomic E-state index is 0.118. The number of carbonyl (C=O) groups is 2. The molecule has 0 aromatic heterocycles. The summed E-state index contributed by atoms with van der Waals surface area (Å²) in [4.78, 5) is 28.9. The smallest absolute Gasteiger partial charge is 0.243 e. The highest BCUT2D eigenvalue weighted by Crippen LogP contribution is 2.18. The molecular weight excluding hydrogens is 510 g/mol. The largest absolute Gasteiger partial charge is 0.354 e. The lowest BCUT2D eigenvalue weighted by atomic mass is 10.0. The number of aryl methyl sites for hydroxylation is 1. The van der Waals surface area contributed by atoms with E-state index >= 15 is 0 Å². The van der Waals surface area contributed by atoms with Gasteiger partial charge in [0.15, 0.2) is 0 Å². The van der Waals surface area contributed by atoms with Crippen molar-refractivity contribution in [2.24, 2.45) is 0 Å². The van der Waals surface area contributed by atoms with E-state index in [1.807, 2.05) is 68.4 Å². The number of hydrogen-bond donors (Lipinski definition) is 1. The third-order valence-electron chi connectivity index (χ3n) is 6.61. The first-order valence-electron chi connectivity index (χ1n) is 13.4. The van der Waals surface area contributed by atoms with Gasteiger partial charge in [0.1, 0.15) is 6.04 Å². The van der Waals surface area contributed by atoms with E-state index < -0.39 is 16.1 Å². The predicted molar refractivity (Wildman–Crippen MR) is 154 cm³/mol. The molecular formula is C31H39N3O4S. The molecule has 0 spiro atoms. The Kier molecular flexibility index (Phi) is 11.3. The normalized spacial score (nSPS) is 12.2. The van der Waals surface area contributed by atoms with Crippen LogP contribution in [0, 0.1) is 6.92 Å². The maximum absolute atomic E-state index is 13.7. The lowest BCUT2D eigenvalue weighted by Gasteiger charge is -2.32. The topological polar surface area (TPSA) is 86.8 Å². The number of sulfonamides is 1. The number of carbonyl (C=O) groups excluding carboxylic acids is 2. The molecule has 39 heavy (non-hydrogen) atoms. The summed E-state index contributed by atoms with van der Waals surface area (Å²) in [7, 11) is -2.13. The first kappa shape index (κ1) is 30.1. The lowest BCUT2D eigenvalue weighted by molar-refractivity contribution is -0.141. The predicted octanol–water partition coefficient (Wildman–Crippen LogP) is 4.56. The number of amides is 2. The average molecular weight is 550 g/mol. The van der Waals surface area contributed by atoms with Crippen LogP contribution in [-0.2, 0) is 32.6 Å². The van der Waals surface area contributed by atoms with E-state index in [2.05, 4.69) is 5.32 Å². The van der Waals surface area contributed by atoms with E-state index in [-0.39, 0.29) is 36.2 Å². The summed E-state index contributed by atoms with van der Waals surface area (Å²) < 4.78 is 27.1. The van der Waals surface area contributed by atoms with Crippen molar-refractivity contribution in [2.75, 3.05) is 20.1 Å². The van der Waals surface area contributed by atoms with Crippen LogP contribution in [0.2, 0.25) is 0 Å². The number of nitrogens with zero attached hydrogens (tertiary/aromatic N) is 2. The summed E-state index contributed by atoms with van der Waals surface area (Å²) in [6.07, 6.45) is 1.63. The van der Waals surface area contributed by atoms with E-state index in [1.54, 1.807) is 35.2 Å². The van der Waals surface area contributed by atoms with Crippen LogP contribution in [0.4, 0.5) is 0 Å². The number of rotatable bonds is 14. The number of nitrogens with one attached hydrogen (secondary N) is 1. The second kappa shape index (κ2) is 14.6. The summed E-state index contributed by atoms with van der Waals surface area (Å²) >= 11 is 0. The molecule has 208 valence electrons. The number of hydrogen-bond acceptors (Lipinski definition) is 4. The van der Waals surface area contributed by atoms with Crippen LogP contribution in [0.3, 0.4) is 0 Å². The van der Waals surface area contributed by atoms with Gasteiger partial charge >= 0.3 is 0 Å². The maximum Gasteiger partial charge on any atom is 0.243 e. The molecule has 0 heterocycles. The molecule has 0 saturated heterocycles. The van der Waals surface area contributed by atoms with Crippen LogP contribution in [0.15, 0.2) is 89.8 Å². The van der Waals surface area contributed by atoms with Crippen molar-refractivity contribution < 1.29 is 18.0 Å². The van der Waals surface area contributed by atoms with E-state index in [0.717, 1.165) is 23.1 Å². The Labute approximate surface area is 232 Å². The van der Waals surface area contributed by atoms with Crippen LogP contribution in [-0.4, -0.2) is 55.6 Å². The highest BCUT2D eigenvalue weighted by molar-refractivity contribution is 7.89. The summed E-state index contributed by atoms with van der Waals surface area (Å²) in [6.45, 7) is 4.99. The van der Waals surface area contributed by atoms with Gasteiger partial charge < -0.3 is 10.2 Å². The van der Waals surface area contributed by atoms with Crippen molar-refractivity contribution in [3.8, 4) is 0 Å². The van der Waals surface area contributed by atoms with Crippen LogP contribution < -0.4 is 5.32 Å². The fourth-order valence-corrected chi connectivity index (χ4v) is 5.53. The summed E-state index contributed by atoms with van der Waals surface area (Å²) in [5, 5.41) is 2.97. The van der Waals surface area contributed by atoms with Crippen LogP contribution in [0.5, 0.6) is 0 Å². The molecule has 0 aliphatic heterocycles. The molecule has 0 aliphatic carbocycles. The van der Waals surface area contributed by atoms with Crippen molar-refractivity contribution in [3.63, 3.8) is 0 Å². The molecule has 3 aromatic rings. The minimum Gasteiger partial charge on any atom is -0.354 e. The highest BCUT2D eigenvalue weighted by Gasteiger charge is 2.30. The summed E-state index contributed by atoms with van der Waals surface area (Å²) in [5.74, 6) is -0.376. The van der Waals surface area contributed by atoms with Gasteiger partial charge in [-0.1, -0.05) is 85.3 Å². The lowest BCUT2D eigenvalue weighted by Crippen LogP contribution is -2.50. The van der Waals surface area contributed by atoms with Crippen molar-refractivity contribution in [3.05, 3.63) is 102 Å². The van der Waals surface area contributed by atoms with Gasteiger partial charge in [-0.3, -0.25) is 9.59 Å². The zero-order chi connectivity index (χ0) is 28.3. The minimum atomic E-state index is -3.65. The SMILES string of the molecule is CCCNC(=O)[C@@H](Cc1ccccc1)N(Cc1ccc(C)cc1)C(=O)CCCN(C)S(=O)(=O)c1ccccc1. The van der Waals surface area contributed by atoms with E-state index in [0.29, 0.717) is 19.4 Å². The molecule has 0 radical (unpaired) electrons. The molecule has 8 heteroatoms. The molecule has 1 atom stereocenters. The van der Waals surface area contributed by atoms with Gasteiger partial charge in [0.05, 0.1) is 4.90 Å². The zero-order valence-electron chi connectivity index (χ0n) is 23.0. The molecule has 3 aromatic carbocycles. The van der Waals surface area contributed by atoms with Gasteiger partial charge in [-0.25, -0.2) is 12.7 Å². The van der Waals surface area contributed by atoms with Crippen molar-refractivity contribution in [1.82, 2.24) is 14.5 Å². The van der Waals surface area contributed by atoms with Crippen molar-refractivity contribution in [1.29, 1.82) is 0 Å². The molecule has 0 unspecified atom stereocenters. The standard InChI is InChI=1S/C31H39N3O4S/c1-4-21-32-31(36)29(23-26-12-7-5-8-13-26)34(24-27-19-17-25(2)18-20-27)30(35)16-11-22-33(3)39(37,38)28-14-9-6-10-15-28/h5-10,12-15,17-20,29H,4,11,16,21-24H2,1-3H3,(H,32,36)/t29-/m1/s1. The van der Waals surface area contributed by atoms with E-state index in [9.17, 15) is 18.0 Å². The van der Waals surface area contributed by atoms with E-state index in [4.69, 9.17) is 0 Å². The van der Waals surface area contributed by atoms with Gasteiger partial charge in [0, 0.05) is 39.5 Å². The molecule has 2 amide bonds. The first-order valence-corrected chi connectivity index (χ1v) is 14.8. The quantitative estimate of drug-likeness (QED) is 0.319. The van der Waals surface area contributed by atoms with Crippen molar-refractivity contribution in [2.45, 2.75) is 57.0 Å². The van der Waals surface area contributed by atoms with Gasteiger partial charge in [0.2, 0.25) is 21.8 Å². The molecule has 0 bridgehead atoms. The van der Waals surface area contributed by atoms with Crippen LogP contribution >= 0.6 is 0 Å². The molecule has 0 fully saturated rings. The van der Waals surface area contributed by atoms with Crippen molar-refractivity contribution >= 4 is 21.8 Å². The van der Waals surface area contributed by atoms with Gasteiger partial charge in [-0.15, -0.1) is 0 Å². The Morgan fingerprint density at radius 2 is 1.49 bits per heavy atom. The highest BCUT2D eigenvalue weighted by atomic mass is 32.2. The first-order chi connectivity index (χ1) is 18.7. The Balaban J connectivity index is 1.80. The Morgan fingerprint density at radius 3 is 2.10 bits per heavy atom. The van der Waals surface area contributed by atoms with Gasteiger partial charge in [0.25, 0.3) is 0 Å². The molecule has 3 rings (SSSR count). The maximum atomic E-state index is 13.7. The zero-order valence-corrected chi connectivity index (χ0v) is 23.9. The van der Waals surface area contributed by atoms with Crippen LogP contribution in [0.1, 0.15) is 42.9 Å². The average Bonchev–Trinajstić information content (AvgIpc) is 2.95. The summed E-state index contributed by atoms with van der Waals surface area (Å²) in [6, 6.07) is 25.2. The molecule has 0 saturated carbocycles. The molecule has 1 N–H and O–H groups in total. The Hall–Kier alpha value is -3.49. The Morgan fingerprint density at radius 1 is 0.872 bits per heavy atom.